The lowest BCUT2D eigenvalue weighted by atomic mass is 9.92. The SMILES string of the molecule is C=C(C)C(C)c1cc(C=CC=O)c(OC)cc1O. The molecule has 1 aromatic carbocycles. The largest absolute Gasteiger partial charge is 0.508 e. The van der Waals surface area contributed by atoms with Gasteiger partial charge in [-0.15, -0.1) is 0 Å². The molecule has 0 bridgehead atoms. The van der Waals surface area contributed by atoms with Gasteiger partial charge in [0.25, 0.3) is 0 Å². The van der Waals surface area contributed by atoms with E-state index >= 15 is 0 Å². The van der Waals surface area contributed by atoms with E-state index in [9.17, 15) is 9.90 Å². The second-order valence-electron chi connectivity index (χ2n) is 4.22. The number of ether oxygens (including phenoxy) is 1. The molecule has 0 radical (unpaired) electrons. The van der Waals surface area contributed by atoms with Gasteiger partial charge in [-0.3, -0.25) is 4.79 Å². The summed E-state index contributed by atoms with van der Waals surface area (Å²) < 4.78 is 5.17. The van der Waals surface area contributed by atoms with Crippen molar-refractivity contribution in [3.05, 3.63) is 41.5 Å². The molecule has 0 saturated carbocycles. The average Bonchev–Trinajstić information content (AvgIpc) is 2.35. The van der Waals surface area contributed by atoms with Gasteiger partial charge in [0.15, 0.2) is 0 Å². The Balaban J connectivity index is 3.33. The molecule has 0 saturated heterocycles. The van der Waals surface area contributed by atoms with Crippen LogP contribution in [0.15, 0.2) is 30.4 Å². The van der Waals surface area contributed by atoms with Crippen LogP contribution in [0.2, 0.25) is 0 Å². The summed E-state index contributed by atoms with van der Waals surface area (Å²) in [5.41, 5.74) is 2.49. The Bertz CT molecular complexity index is 487. The molecule has 18 heavy (non-hydrogen) atoms. The molecule has 1 rings (SSSR count). The van der Waals surface area contributed by atoms with Crippen LogP contribution in [0.5, 0.6) is 11.5 Å². The molecule has 0 amide bonds. The van der Waals surface area contributed by atoms with Crippen LogP contribution < -0.4 is 4.74 Å². The molecule has 1 atom stereocenters. The fraction of sp³-hybridized carbons (Fsp3) is 0.267. The van der Waals surface area contributed by atoms with Crippen LogP contribution in [0.25, 0.3) is 6.08 Å². The lowest BCUT2D eigenvalue weighted by molar-refractivity contribution is -0.104. The van der Waals surface area contributed by atoms with E-state index in [4.69, 9.17) is 4.74 Å². The van der Waals surface area contributed by atoms with Crippen LogP contribution in [0.4, 0.5) is 0 Å². The number of methoxy groups -OCH3 is 1. The highest BCUT2D eigenvalue weighted by molar-refractivity contribution is 5.76. The van der Waals surface area contributed by atoms with Gasteiger partial charge >= 0.3 is 0 Å². The molecule has 1 N–H and O–H groups in total. The number of aldehydes is 1. The Morgan fingerprint density at radius 3 is 2.67 bits per heavy atom. The molecule has 1 aromatic rings. The quantitative estimate of drug-likeness (QED) is 0.492. The topological polar surface area (TPSA) is 46.5 Å². The van der Waals surface area contributed by atoms with Gasteiger partial charge in [0.2, 0.25) is 0 Å². The molecule has 3 nitrogen and oxygen atoms in total. The molecule has 1 unspecified atom stereocenters. The van der Waals surface area contributed by atoms with Gasteiger partial charge in [0, 0.05) is 23.1 Å². The van der Waals surface area contributed by atoms with Gasteiger partial charge in [-0.25, -0.2) is 0 Å². The maximum atomic E-state index is 10.4. The average molecular weight is 246 g/mol. The zero-order valence-corrected chi connectivity index (χ0v) is 10.9. The van der Waals surface area contributed by atoms with Crippen LogP contribution in [0.3, 0.4) is 0 Å². The van der Waals surface area contributed by atoms with Crippen LogP contribution in [0.1, 0.15) is 30.9 Å². The monoisotopic (exact) mass is 246 g/mol. The summed E-state index contributed by atoms with van der Waals surface area (Å²) in [6.07, 6.45) is 3.75. The standard InChI is InChI=1S/C15H18O3/c1-10(2)11(3)13-8-12(6-5-7-16)15(18-4)9-14(13)17/h5-9,11,17H,1H2,2-4H3. The zero-order chi connectivity index (χ0) is 13.7. The maximum absolute atomic E-state index is 10.4. The van der Waals surface area contributed by atoms with Crippen LogP contribution >= 0.6 is 0 Å². The number of hydrogen-bond acceptors (Lipinski definition) is 3. The third-order valence-corrected chi connectivity index (χ3v) is 2.94. The van der Waals surface area contributed by atoms with E-state index in [0.29, 0.717) is 12.0 Å². The number of rotatable bonds is 5. The number of carbonyl (C=O) groups excluding carboxylic acids is 1. The first kappa shape index (κ1) is 14.0. The number of allylic oxidation sites excluding steroid dienone is 2. The molecule has 0 aliphatic heterocycles. The van der Waals surface area contributed by atoms with Crippen LogP contribution in [-0.2, 0) is 4.79 Å². The summed E-state index contributed by atoms with van der Waals surface area (Å²) in [6, 6.07) is 3.37. The first-order valence-corrected chi connectivity index (χ1v) is 5.69. The summed E-state index contributed by atoms with van der Waals surface area (Å²) >= 11 is 0. The predicted molar refractivity (Wildman–Crippen MR) is 73.0 cm³/mol. The van der Waals surface area contributed by atoms with Crippen LogP contribution in [-0.4, -0.2) is 18.5 Å². The van der Waals surface area contributed by atoms with Crippen molar-refractivity contribution in [2.75, 3.05) is 7.11 Å². The van der Waals surface area contributed by atoms with Crippen molar-refractivity contribution in [3.63, 3.8) is 0 Å². The van der Waals surface area contributed by atoms with Crippen molar-refractivity contribution in [3.8, 4) is 11.5 Å². The molecule has 0 aliphatic rings. The van der Waals surface area contributed by atoms with Crippen molar-refractivity contribution in [2.45, 2.75) is 19.8 Å². The fourth-order valence-corrected chi connectivity index (χ4v) is 1.67. The molecule has 0 aromatic heterocycles. The second kappa shape index (κ2) is 6.05. The lowest BCUT2D eigenvalue weighted by Crippen LogP contribution is -1.97. The highest BCUT2D eigenvalue weighted by Gasteiger charge is 2.14. The maximum Gasteiger partial charge on any atom is 0.142 e. The second-order valence-corrected chi connectivity index (χ2v) is 4.22. The summed E-state index contributed by atoms with van der Waals surface area (Å²) in [7, 11) is 1.52. The number of phenols is 1. The van der Waals surface area contributed by atoms with Crippen molar-refractivity contribution >= 4 is 12.4 Å². The number of hydrogen-bond donors (Lipinski definition) is 1. The zero-order valence-electron chi connectivity index (χ0n) is 10.9. The molecular weight excluding hydrogens is 228 g/mol. The Kier molecular flexibility index (Phi) is 4.72. The Hall–Kier alpha value is -2.03. The number of aromatic hydroxyl groups is 1. The van der Waals surface area contributed by atoms with Crippen molar-refractivity contribution < 1.29 is 14.6 Å². The van der Waals surface area contributed by atoms with E-state index < -0.39 is 0 Å². The summed E-state index contributed by atoms with van der Waals surface area (Å²) in [5.74, 6) is 0.744. The molecule has 96 valence electrons. The molecule has 3 heteroatoms. The summed E-state index contributed by atoms with van der Waals surface area (Å²) in [4.78, 5) is 10.4. The highest BCUT2D eigenvalue weighted by atomic mass is 16.5. The lowest BCUT2D eigenvalue weighted by Gasteiger charge is -2.16. The fourth-order valence-electron chi connectivity index (χ4n) is 1.67. The van der Waals surface area contributed by atoms with E-state index in [1.165, 1.54) is 13.2 Å². The van der Waals surface area contributed by atoms with E-state index in [1.54, 1.807) is 12.1 Å². The summed E-state index contributed by atoms with van der Waals surface area (Å²) in [6.45, 7) is 7.77. The van der Waals surface area contributed by atoms with Crippen LogP contribution in [0, 0.1) is 0 Å². The number of phenolic OH excluding ortho intramolecular Hbond substituents is 1. The van der Waals surface area contributed by atoms with Crippen molar-refractivity contribution in [1.82, 2.24) is 0 Å². The first-order chi connectivity index (χ1) is 8.51. The third-order valence-electron chi connectivity index (χ3n) is 2.94. The minimum absolute atomic E-state index is 0.0410. The summed E-state index contributed by atoms with van der Waals surface area (Å²) in [5, 5.41) is 9.98. The number of carbonyl (C=O) groups is 1. The Labute approximate surface area is 107 Å². The first-order valence-electron chi connectivity index (χ1n) is 5.69. The molecule has 0 aliphatic carbocycles. The Morgan fingerprint density at radius 1 is 1.50 bits per heavy atom. The third kappa shape index (κ3) is 3.00. The van der Waals surface area contributed by atoms with E-state index in [-0.39, 0.29) is 11.7 Å². The normalized spacial score (nSPS) is 12.4. The smallest absolute Gasteiger partial charge is 0.142 e. The minimum atomic E-state index is 0.0410. The van der Waals surface area contributed by atoms with E-state index in [1.807, 2.05) is 19.9 Å². The van der Waals surface area contributed by atoms with E-state index in [0.717, 1.165) is 16.7 Å². The molecule has 0 heterocycles. The Morgan fingerprint density at radius 2 is 2.17 bits per heavy atom. The van der Waals surface area contributed by atoms with Gasteiger partial charge in [0.1, 0.15) is 17.8 Å². The van der Waals surface area contributed by atoms with Gasteiger partial charge in [0.05, 0.1) is 7.11 Å². The van der Waals surface area contributed by atoms with E-state index in [2.05, 4.69) is 6.58 Å². The van der Waals surface area contributed by atoms with Gasteiger partial charge in [-0.1, -0.05) is 19.1 Å². The molecule has 0 fully saturated rings. The van der Waals surface area contributed by atoms with Gasteiger partial charge in [-0.2, -0.15) is 0 Å². The highest BCUT2D eigenvalue weighted by Crippen LogP contribution is 2.35. The van der Waals surface area contributed by atoms with Gasteiger partial charge < -0.3 is 9.84 Å². The van der Waals surface area contributed by atoms with Crippen molar-refractivity contribution in [2.24, 2.45) is 0 Å². The minimum Gasteiger partial charge on any atom is -0.508 e. The van der Waals surface area contributed by atoms with Crippen molar-refractivity contribution in [1.29, 1.82) is 0 Å². The predicted octanol–water partition coefficient (Wildman–Crippen LogP) is 3.29. The number of benzene rings is 1. The van der Waals surface area contributed by atoms with Gasteiger partial charge in [-0.05, 0) is 25.1 Å². The molecular formula is C15H18O3. The molecule has 0 spiro atoms.